The van der Waals surface area contributed by atoms with Gasteiger partial charge in [-0.05, 0) is 63.1 Å². The van der Waals surface area contributed by atoms with Gasteiger partial charge in [-0.3, -0.25) is 0 Å². The van der Waals surface area contributed by atoms with Crippen molar-refractivity contribution in [1.82, 2.24) is 0 Å². The predicted molar refractivity (Wildman–Crippen MR) is 86.0 cm³/mol. The Bertz CT molecular complexity index is 575. The number of benzene rings is 1. The van der Waals surface area contributed by atoms with E-state index in [0.29, 0.717) is 17.6 Å². The Labute approximate surface area is 127 Å². The fourth-order valence-corrected chi connectivity index (χ4v) is 4.18. The molecule has 2 aliphatic rings. The molecule has 1 aromatic rings. The van der Waals surface area contributed by atoms with Gasteiger partial charge in [0.1, 0.15) is 17.1 Å². The molecule has 1 saturated carbocycles. The van der Waals surface area contributed by atoms with Crippen molar-refractivity contribution in [2.75, 3.05) is 0 Å². The molecule has 114 valence electrons. The molecule has 2 heteroatoms. The number of rotatable bonds is 3. The van der Waals surface area contributed by atoms with Gasteiger partial charge in [0, 0.05) is 11.5 Å². The zero-order chi connectivity index (χ0) is 15.2. The maximum Gasteiger partial charge on any atom is 0.127 e. The predicted octanol–water partition coefficient (Wildman–Crippen LogP) is 4.96. The van der Waals surface area contributed by atoms with E-state index in [1.807, 2.05) is 6.07 Å². The van der Waals surface area contributed by atoms with Crippen molar-refractivity contribution >= 4 is 0 Å². The Morgan fingerprint density at radius 3 is 2.90 bits per heavy atom. The molecule has 21 heavy (non-hydrogen) atoms. The highest BCUT2D eigenvalue weighted by Crippen LogP contribution is 2.55. The van der Waals surface area contributed by atoms with Crippen molar-refractivity contribution in [2.45, 2.75) is 64.4 Å². The van der Waals surface area contributed by atoms with Crippen LogP contribution in [0.1, 0.15) is 63.5 Å². The normalized spacial score (nSPS) is 30.4. The second-order valence-corrected chi connectivity index (χ2v) is 7.13. The zero-order valence-electron chi connectivity index (χ0n) is 13.4. The first-order chi connectivity index (χ1) is 9.93. The summed E-state index contributed by atoms with van der Waals surface area (Å²) in [5.41, 5.74) is 3.33. The number of aromatic hydroxyl groups is 1. The Hall–Kier alpha value is -1.44. The van der Waals surface area contributed by atoms with Crippen LogP contribution in [0.25, 0.3) is 0 Å². The third-order valence-electron chi connectivity index (χ3n) is 5.20. The lowest BCUT2D eigenvalue weighted by molar-refractivity contribution is 0.00630. The first-order valence-corrected chi connectivity index (χ1v) is 8.14. The standard InChI is InChI=1S/C19H26O2/c1-5-6-13-9-16(20)18-15-11-19(4,21-17(18)10-13)8-7-14(15)12(2)3/h9-10,14-15,20H,2,5-8,11H2,1,3-4H3/t14-,15?,19?/m0/s1. The van der Waals surface area contributed by atoms with Crippen molar-refractivity contribution in [3.63, 3.8) is 0 Å². The molecule has 1 heterocycles. The van der Waals surface area contributed by atoms with E-state index in [0.717, 1.165) is 43.4 Å². The van der Waals surface area contributed by atoms with E-state index in [4.69, 9.17) is 4.74 Å². The van der Waals surface area contributed by atoms with Crippen LogP contribution in [0.2, 0.25) is 0 Å². The molecule has 0 saturated heterocycles. The monoisotopic (exact) mass is 286 g/mol. The van der Waals surface area contributed by atoms with Gasteiger partial charge >= 0.3 is 0 Å². The van der Waals surface area contributed by atoms with Crippen LogP contribution in [0.15, 0.2) is 24.3 Å². The second kappa shape index (κ2) is 5.08. The molecule has 0 radical (unpaired) electrons. The van der Waals surface area contributed by atoms with Crippen molar-refractivity contribution < 1.29 is 9.84 Å². The zero-order valence-corrected chi connectivity index (χ0v) is 13.4. The summed E-state index contributed by atoms with van der Waals surface area (Å²) in [6, 6.07) is 4.07. The van der Waals surface area contributed by atoms with Gasteiger partial charge < -0.3 is 9.84 Å². The molecule has 3 rings (SSSR count). The van der Waals surface area contributed by atoms with Crippen LogP contribution < -0.4 is 4.74 Å². The van der Waals surface area contributed by atoms with Crippen LogP contribution in [0.3, 0.4) is 0 Å². The Morgan fingerprint density at radius 2 is 2.24 bits per heavy atom. The van der Waals surface area contributed by atoms with E-state index < -0.39 is 0 Å². The molecule has 1 fully saturated rings. The number of aryl methyl sites for hydroxylation is 1. The molecule has 1 aromatic carbocycles. The van der Waals surface area contributed by atoms with Gasteiger partial charge in [-0.15, -0.1) is 0 Å². The van der Waals surface area contributed by atoms with Crippen molar-refractivity contribution in [2.24, 2.45) is 5.92 Å². The van der Waals surface area contributed by atoms with Gasteiger partial charge in [0.2, 0.25) is 0 Å². The van der Waals surface area contributed by atoms with E-state index in [1.165, 1.54) is 11.1 Å². The van der Waals surface area contributed by atoms with E-state index in [2.05, 4.69) is 33.4 Å². The minimum absolute atomic E-state index is 0.0824. The summed E-state index contributed by atoms with van der Waals surface area (Å²) in [6.45, 7) is 10.7. The Morgan fingerprint density at radius 1 is 1.48 bits per heavy atom. The summed E-state index contributed by atoms with van der Waals surface area (Å²) in [5, 5.41) is 10.5. The third-order valence-corrected chi connectivity index (χ3v) is 5.20. The minimum Gasteiger partial charge on any atom is -0.508 e. The maximum absolute atomic E-state index is 10.5. The molecule has 2 nitrogen and oxygen atoms in total. The molecule has 1 aliphatic carbocycles. The van der Waals surface area contributed by atoms with Crippen molar-refractivity contribution in [3.05, 3.63) is 35.4 Å². The van der Waals surface area contributed by atoms with Gasteiger partial charge in [0.25, 0.3) is 0 Å². The first kappa shape index (κ1) is 14.5. The van der Waals surface area contributed by atoms with Gasteiger partial charge in [0.05, 0.1) is 0 Å². The molecule has 0 aromatic heterocycles. The fraction of sp³-hybridized carbons (Fsp3) is 0.579. The van der Waals surface area contributed by atoms with Gasteiger partial charge in [0.15, 0.2) is 0 Å². The number of phenols is 1. The molecular formula is C19H26O2. The number of phenolic OH excluding ortho intramolecular Hbond substituents is 1. The summed E-state index contributed by atoms with van der Waals surface area (Å²) >= 11 is 0. The number of allylic oxidation sites excluding steroid dienone is 1. The van der Waals surface area contributed by atoms with Crippen LogP contribution in [-0.4, -0.2) is 10.7 Å². The van der Waals surface area contributed by atoms with Crippen LogP contribution in [0.4, 0.5) is 0 Å². The molecule has 2 unspecified atom stereocenters. The van der Waals surface area contributed by atoms with Gasteiger partial charge in [-0.2, -0.15) is 0 Å². The number of hydrogen-bond donors (Lipinski definition) is 1. The molecular weight excluding hydrogens is 260 g/mol. The first-order valence-electron chi connectivity index (χ1n) is 8.14. The average molecular weight is 286 g/mol. The Kier molecular flexibility index (Phi) is 3.51. The molecule has 3 atom stereocenters. The molecule has 1 N–H and O–H groups in total. The van der Waals surface area contributed by atoms with E-state index in [9.17, 15) is 5.11 Å². The maximum atomic E-state index is 10.5. The largest absolute Gasteiger partial charge is 0.508 e. The highest BCUT2D eigenvalue weighted by Gasteiger charge is 2.46. The SMILES string of the molecule is C=C(C)[C@@H]1CCC2(C)CC1c1c(O)cc(CCC)cc1O2. The lowest BCUT2D eigenvalue weighted by atomic mass is 9.65. The highest BCUT2D eigenvalue weighted by atomic mass is 16.5. The summed E-state index contributed by atoms with van der Waals surface area (Å²) in [7, 11) is 0. The van der Waals surface area contributed by atoms with Gasteiger partial charge in [-0.25, -0.2) is 0 Å². The molecule has 2 bridgehead atoms. The summed E-state index contributed by atoms with van der Waals surface area (Å²) in [5.74, 6) is 2.13. The highest BCUT2D eigenvalue weighted by molar-refractivity contribution is 5.52. The Balaban J connectivity index is 2.09. The molecule has 0 amide bonds. The van der Waals surface area contributed by atoms with E-state index in [1.54, 1.807) is 0 Å². The number of fused-ring (bicyclic) bond motifs is 4. The second-order valence-electron chi connectivity index (χ2n) is 7.13. The van der Waals surface area contributed by atoms with Crippen molar-refractivity contribution in [3.8, 4) is 11.5 Å². The van der Waals surface area contributed by atoms with Crippen LogP contribution >= 0.6 is 0 Å². The minimum atomic E-state index is -0.0824. The molecule has 0 spiro atoms. The number of hydrogen-bond acceptors (Lipinski definition) is 2. The van der Waals surface area contributed by atoms with Crippen molar-refractivity contribution in [1.29, 1.82) is 0 Å². The van der Waals surface area contributed by atoms with E-state index in [-0.39, 0.29) is 5.60 Å². The number of ether oxygens (including phenoxy) is 1. The summed E-state index contributed by atoms with van der Waals surface area (Å²) in [6.07, 6.45) is 5.21. The lowest BCUT2D eigenvalue weighted by Crippen LogP contribution is -2.44. The van der Waals surface area contributed by atoms with Gasteiger partial charge in [-0.1, -0.05) is 25.5 Å². The topological polar surface area (TPSA) is 29.5 Å². The van der Waals surface area contributed by atoms with Crippen LogP contribution in [0, 0.1) is 5.92 Å². The summed E-state index contributed by atoms with van der Waals surface area (Å²) < 4.78 is 6.30. The molecule has 1 aliphatic heterocycles. The lowest BCUT2D eigenvalue weighted by Gasteiger charge is -2.48. The average Bonchev–Trinajstić information content (AvgIpc) is 2.37. The quantitative estimate of drug-likeness (QED) is 0.796. The fourth-order valence-electron chi connectivity index (χ4n) is 4.18. The van der Waals surface area contributed by atoms with Crippen LogP contribution in [-0.2, 0) is 6.42 Å². The summed E-state index contributed by atoms with van der Waals surface area (Å²) in [4.78, 5) is 0. The van der Waals surface area contributed by atoms with E-state index >= 15 is 0 Å². The van der Waals surface area contributed by atoms with Crippen LogP contribution in [0.5, 0.6) is 11.5 Å². The smallest absolute Gasteiger partial charge is 0.127 e. The third kappa shape index (κ3) is 2.45.